The van der Waals surface area contributed by atoms with Gasteiger partial charge in [-0.25, -0.2) is 13.8 Å². The number of ether oxygens (including phenoxy) is 1. The number of nitrogens with zero attached hydrogens (tertiary/aromatic N) is 3. The van der Waals surface area contributed by atoms with Crippen LogP contribution in [0.4, 0.5) is 37.6 Å². The Morgan fingerprint density at radius 3 is 2.71 bits per heavy atom. The molecule has 0 spiro atoms. The summed E-state index contributed by atoms with van der Waals surface area (Å²) < 4.78 is 32.1. The summed E-state index contributed by atoms with van der Waals surface area (Å²) in [6, 6.07) is 6.20. The molecule has 2 aromatic heterocycles. The fraction of sp³-hybridized carbons (Fsp3) is 0.100. The fourth-order valence-corrected chi connectivity index (χ4v) is 2.62. The Morgan fingerprint density at radius 1 is 1.19 bits per heavy atom. The van der Waals surface area contributed by atoms with Crippen LogP contribution in [-0.2, 0) is 4.79 Å². The van der Waals surface area contributed by atoms with Crippen LogP contribution in [0.1, 0.15) is 12.0 Å². The number of benzene rings is 1. The fourth-order valence-electron chi connectivity index (χ4n) is 2.46. The number of carbonyl (C=O) groups excluding carboxylic acids is 1. The van der Waals surface area contributed by atoms with Gasteiger partial charge in [0.2, 0.25) is 11.9 Å². The second-order valence-electron chi connectivity index (χ2n) is 6.05. The predicted octanol–water partition coefficient (Wildman–Crippen LogP) is 5.08. The summed E-state index contributed by atoms with van der Waals surface area (Å²) in [5, 5.41) is 8.51. The molecule has 0 aliphatic rings. The molecule has 3 rings (SSSR count). The second-order valence-corrected chi connectivity index (χ2v) is 6.46. The quantitative estimate of drug-likeness (QED) is 0.414. The number of aromatic nitrogens is 3. The summed E-state index contributed by atoms with van der Waals surface area (Å²) in [4.78, 5) is 23.6. The van der Waals surface area contributed by atoms with Crippen LogP contribution in [0.3, 0.4) is 0 Å². The number of pyridine rings is 1. The Morgan fingerprint density at radius 2 is 2.00 bits per heavy atom. The molecule has 0 fully saturated rings. The normalized spacial score (nSPS) is 10.5. The van der Waals surface area contributed by atoms with Crippen molar-refractivity contribution in [3.05, 3.63) is 66.1 Å². The van der Waals surface area contributed by atoms with Crippen molar-refractivity contribution in [2.24, 2.45) is 0 Å². The van der Waals surface area contributed by atoms with E-state index in [-0.39, 0.29) is 22.5 Å². The number of rotatable bonds is 8. The van der Waals surface area contributed by atoms with Crippen LogP contribution >= 0.6 is 11.6 Å². The number of amides is 1. The van der Waals surface area contributed by atoms with E-state index in [1.807, 2.05) is 0 Å². The van der Waals surface area contributed by atoms with Crippen LogP contribution in [0.15, 0.2) is 55.5 Å². The first-order valence-electron chi connectivity index (χ1n) is 8.80. The minimum absolute atomic E-state index is 0.0658. The molecule has 3 N–H and O–H groups in total. The molecule has 160 valence electrons. The zero-order valence-corrected chi connectivity index (χ0v) is 17.0. The Bertz CT molecular complexity index is 1110. The van der Waals surface area contributed by atoms with Crippen LogP contribution in [0.5, 0.6) is 5.75 Å². The molecule has 1 aromatic carbocycles. The lowest BCUT2D eigenvalue weighted by molar-refractivity contribution is -0.111. The molecule has 2 heterocycles. The van der Waals surface area contributed by atoms with Crippen molar-refractivity contribution in [1.29, 1.82) is 0 Å². The van der Waals surface area contributed by atoms with Gasteiger partial charge in [-0.2, -0.15) is 4.98 Å². The van der Waals surface area contributed by atoms with Gasteiger partial charge >= 0.3 is 0 Å². The van der Waals surface area contributed by atoms with E-state index in [1.165, 1.54) is 31.6 Å². The molecule has 31 heavy (non-hydrogen) atoms. The average molecular weight is 447 g/mol. The number of methoxy groups -OCH3 is 1. The molecule has 8 nitrogen and oxygen atoms in total. The van der Waals surface area contributed by atoms with E-state index in [1.54, 1.807) is 12.1 Å². The van der Waals surface area contributed by atoms with E-state index in [0.717, 1.165) is 12.3 Å². The van der Waals surface area contributed by atoms with Gasteiger partial charge in [-0.3, -0.25) is 9.78 Å². The van der Waals surface area contributed by atoms with Gasteiger partial charge in [0.1, 0.15) is 11.6 Å². The highest BCUT2D eigenvalue weighted by Crippen LogP contribution is 2.31. The summed E-state index contributed by atoms with van der Waals surface area (Å²) in [5.41, 5.74) is 0.764. The molecule has 3 aromatic rings. The zero-order valence-electron chi connectivity index (χ0n) is 16.2. The minimum Gasteiger partial charge on any atom is -0.495 e. The predicted molar refractivity (Wildman–Crippen MR) is 115 cm³/mol. The molecule has 11 heteroatoms. The van der Waals surface area contributed by atoms with Crippen molar-refractivity contribution in [3.8, 4) is 5.75 Å². The maximum absolute atomic E-state index is 13.5. The lowest BCUT2D eigenvalue weighted by Gasteiger charge is -2.14. The van der Waals surface area contributed by atoms with Crippen molar-refractivity contribution in [3.63, 3.8) is 0 Å². The summed E-state index contributed by atoms with van der Waals surface area (Å²) in [7, 11) is 1.49. The highest BCUT2D eigenvalue weighted by molar-refractivity contribution is 6.34. The maximum Gasteiger partial charge on any atom is 0.268 e. The summed E-state index contributed by atoms with van der Waals surface area (Å²) >= 11 is 6.07. The SMILES string of the molecule is C=CC(=O)Nc1cc(Nc2nc(Nc3cncc(OC)c3)ncc2C(F)F)ccc1Cl. The van der Waals surface area contributed by atoms with Crippen LogP contribution in [-0.4, -0.2) is 28.0 Å². The number of hydrogen-bond acceptors (Lipinski definition) is 7. The number of alkyl halides is 2. The molecule has 0 aliphatic carbocycles. The van der Waals surface area contributed by atoms with Crippen LogP contribution < -0.4 is 20.7 Å². The zero-order chi connectivity index (χ0) is 22.4. The minimum atomic E-state index is -2.82. The van der Waals surface area contributed by atoms with Gasteiger partial charge in [-0.1, -0.05) is 18.2 Å². The first-order chi connectivity index (χ1) is 14.9. The third-order valence-electron chi connectivity index (χ3n) is 3.93. The first-order valence-corrected chi connectivity index (χ1v) is 9.18. The molecule has 0 unspecified atom stereocenters. The average Bonchev–Trinajstić information content (AvgIpc) is 2.76. The number of halogens is 3. The van der Waals surface area contributed by atoms with Crippen LogP contribution in [0, 0.1) is 0 Å². The topological polar surface area (TPSA) is 101 Å². The number of carbonyl (C=O) groups is 1. The van der Waals surface area contributed by atoms with E-state index >= 15 is 0 Å². The van der Waals surface area contributed by atoms with Gasteiger partial charge < -0.3 is 20.7 Å². The van der Waals surface area contributed by atoms with Gasteiger partial charge in [0, 0.05) is 18.0 Å². The molecular formula is C20H17ClF2N6O2. The van der Waals surface area contributed by atoms with Crippen molar-refractivity contribution in [2.75, 3.05) is 23.1 Å². The molecule has 0 radical (unpaired) electrons. The third kappa shape index (κ3) is 5.64. The van der Waals surface area contributed by atoms with Crippen molar-refractivity contribution >= 4 is 46.3 Å². The number of nitrogens with one attached hydrogen (secondary N) is 3. The summed E-state index contributed by atoms with van der Waals surface area (Å²) in [5.74, 6) is -0.0154. The van der Waals surface area contributed by atoms with Gasteiger partial charge in [0.25, 0.3) is 6.43 Å². The lowest BCUT2D eigenvalue weighted by atomic mass is 10.2. The van der Waals surface area contributed by atoms with E-state index in [2.05, 4.69) is 37.5 Å². The standard InChI is InChI=1S/C20H17ClF2N6O2/c1-3-17(30)28-16-7-11(4-5-15(16)21)26-19-14(18(22)23)10-25-20(29-19)27-12-6-13(31-2)9-24-8-12/h3-10,18H,1H2,2H3,(H,28,30)(H2,25,26,27,29). The summed E-state index contributed by atoms with van der Waals surface area (Å²) in [6.07, 6.45) is 2.31. The van der Waals surface area contributed by atoms with E-state index in [9.17, 15) is 13.6 Å². The van der Waals surface area contributed by atoms with Gasteiger partial charge in [0.05, 0.1) is 41.5 Å². The molecule has 0 atom stereocenters. The van der Waals surface area contributed by atoms with Crippen LogP contribution in [0.25, 0.3) is 0 Å². The molecule has 0 saturated heterocycles. The number of hydrogen-bond donors (Lipinski definition) is 3. The molecular weight excluding hydrogens is 430 g/mol. The van der Waals surface area contributed by atoms with Crippen molar-refractivity contribution in [1.82, 2.24) is 15.0 Å². The molecule has 0 saturated carbocycles. The van der Waals surface area contributed by atoms with E-state index in [0.29, 0.717) is 17.1 Å². The third-order valence-corrected chi connectivity index (χ3v) is 4.26. The van der Waals surface area contributed by atoms with Gasteiger partial charge in [-0.05, 0) is 24.3 Å². The summed E-state index contributed by atoms with van der Waals surface area (Å²) in [6.45, 7) is 3.37. The van der Waals surface area contributed by atoms with Crippen LogP contribution in [0.2, 0.25) is 5.02 Å². The largest absolute Gasteiger partial charge is 0.495 e. The van der Waals surface area contributed by atoms with Gasteiger partial charge in [0.15, 0.2) is 0 Å². The van der Waals surface area contributed by atoms with E-state index < -0.39 is 17.9 Å². The maximum atomic E-state index is 13.5. The van der Waals surface area contributed by atoms with E-state index in [4.69, 9.17) is 16.3 Å². The Balaban J connectivity index is 1.90. The smallest absolute Gasteiger partial charge is 0.268 e. The molecule has 0 aliphatic heterocycles. The Labute approximate surface area is 181 Å². The monoisotopic (exact) mass is 446 g/mol. The molecule has 1 amide bonds. The highest BCUT2D eigenvalue weighted by atomic mass is 35.5. The second kappa shape index (κ2) is 9.81. The molecule has 0 bridgehead atoms. The van der Waals surface area contributed by atoms with Crippen molar-refractivity contribution in [2.45, 2.75) is 6.43 Å². The Hall–Kier alpha value is -3.79. The van der Waals surface area contributed by atoms with Gasteiger partial charge in [-0.15, -0.1) is 0 Å². The van der Waals surface area contributed by atoms with Crippen molar-refractivity contribution < 1.29 is 18.3 Å². The Kier molecular flexibility index (Phi) is 6.93. The number of anilines is 5. The highest BCUT2D eigenvalue weighted by Gasteiger charge is 2.17. The lowest BCUT2D eigenvalue weighted by Crippen LogP contribution is -2.08. The first kappa shape index (κ1) is 21.9.